The van der Waals surface area contributed by atoms with Crippen LogP contribution in [0, 0.1) is 16.7 Å². The quantitative estimate of drug-likeness (QED) is 0.300. The minimum Gasteiger partial charge on any atom is -0.303 e. The van der Waals surface area contributed by atoms with Gasteiger partial charge in [0.15, 0.2) is 0 Å². The summed E-state index contributed by atoms with van der Waals surface area (Å²) in [4.78, 5) is 10.2. The number of hydrogen-bond acceptors (Lipinski definition) is 1. The van der Waals surface area contributed by atoms with Crippen LogP contribution < -0.4 is 0 Å². The number of carbonyl (C=O) groups is 1. The van der Waals surface area contributed by atoms with Crippen molar-refractivity contribution in [2.45, 2.75) is 85.0 Å². The van der Waals surface area contributed by atoms with E-state index in [1.165, 1.54) is 51.4 Å². The molecule has 3 aliphatic rings. The first-order valence-electron chi connectivity index (χ1n) is 8.65. The van der Waals surface area contributed by atoms with Crippen LogP contribution in [0.3, 0.4) is 0 Å². The number of allylic oxidation sites excluding steroid dienone is 2. The molecular formula is C19H32O. The van der Waals surface area contributed by atoms with Gasteiger partial charge >= 0.3 is 0 Å². The summed E-state index contributed by atoms with van der Waals surface area (Å²) in [6.07, 6.45) is 16.2. The highest BCUT2D eigenvalue weighted by Crippen LogP contribution is 2.69. The van der Waals surface area contributed by atoms with Crippen molar-refractivity contribution < 1.29 is 4.79 Å². The average Bonchev–Trinajstić information content (AvgIpc) is 2.42. The molecule has 20 heavy (non-hydrogen) atoms. The molecular weight excluding hydrogens is 244 g/mol. The molecule has 0 radical (unpaired) electrons. The van der Waals surface area contributed by atoms with E-state index in [1.807, 2.05) is 0 Å². The molecule has 2 unspecified atom stereocenters. The lowest BCUT2D eigenvalue weighted by Crippen LogP contribution is -2.57. The summed E-state index contributed by atoms with van der Waals surface area (Å²) in [7, 11) is 0. The van der Waals surface area contributed by atoms with Crippen LogP contribution in [0.15, 0.2) is 11.6 Å². The summed E-state index contributed by atoms with van der Waals surface area (Å²) in [6.45, 7) is 7.37. The van der Waals surface area contributed by atoms with Crippen LogP contribution in [0.4, 0.5) is 0 Å². The maximum absolute atomic E-state index is 10.2. The van der Waals surface area contributed by atoms with Crippen molar-refractivity contribution in [1.82, 2.24) is 0 Å². The molecule has 1 fully saturated rings. The SMILES string of the molecule is CC1=CCC2CC1(CCCCCCCCC=O)C2(C)C. The standard InChI is InChI=1S/C19H32O/c1-16-11-12-17-15-19(16,18(17,2)3)13-9-7-5-4-6-8-10-14-20/h11,14,17H,4-10,12-13,15H2,1-3H3. The fourth-order valence-corrected chi connectivity index (χ4v) is 4.74. The lowest BCUT2D eigenvalue weighted by molar-refractivity contribution is -0.109. The van der Waals surface area contributed by atoms with Crippen LogP contribution in [0.1, 0.15) is 85.0 Å². The number of hydrogen-bond donors (Lipinski definition) is 0. The lowest BCUT2D eigenvalue weighted by Gasteiger charge is -2.66. The highest BCUT2D eigenvalue weighted by Gasteiger charge is 2.60. The first-order valence-corrected chi connectivity index (χ1v) is 8.65. The Bertz CT molecular complexity index is 366. The zero-order valence-corrected chi connectivity index (χ0v) is 13.7. The molecule has 2 bridgehead atoms. The third-order valence-corrected chi connectivity index (χ3v) is 6.49. The van der Waals surface area contributed by atoms with E-state index in [2.05, 4.69) is 26.8 Å². The van der Waals surface area contributed by atoms with Gasteiger partial charge < -0.3 is 4.79 Å². The summed E-state index contributed by atoms with van der Waals surface area (Å²) >= 11 is 0. The first kappa shape index (κ1) is 15.8. The van der Waals surface area contributed by atoms with Crippen LogP contribution in [0.5, 0.6) is 0 Å². The van der Waals surface area contributed by atoms with Crippen LogP contribution in [0.25, 0.3) is 0 Å². The Labute approximate surface area is 125 Å². The second kappa shape index (κ2) is 6.45. The highest BCUT2D eigenvalue weighted by atomic mass is 16.1. The number of fused-ring (bicyclic) bond motifs is 1. The molecule has 0 saturated heterocycles. The van der Waals surface area contributed by atoms with Crippen LogP contribution in [0.2, 0.25) is 0 Å². The Morgan fingerprint density at radius 3 is 2.40 bits per heavy atom. The number of unbranched alkanes of at least 4 members (excludes halogenated alkanes) is 6. The second-order valence-electron chi connectivity index (χ2n) is 7.65. The molecule has 1 heteroatoms. The van der Waals surface area contributed by atoms with Gasteiger partial charge in [0, 0.05) is 6.42 Å². The molecule has 0 N–H and O–H groups in total. The topological polar surface area (TPSA) is 17.1 Å². The molecule has 114 valence electrons. The van der Waals surface area contributed by atoms with Gasteiger partial charge in [-0.2, -0.15) is 0 Å². The van der Waals surface area contributed by atoms with E-state index in [0.29, 0.717) is 10.8 Å². The number of rotatable bonds is 9. The van der Waals surface area contributed by atoms with Crippen molar-refractivity contribution in [3.63, 3.8) is 0 Å². The van der Waals surface area contributed by atoms with Gasteiger partial charge in [-0.05, 0) is 49.4 Å². The van der Waals surface area contributed by atoms with E-state index in [1.54, 1.807) is 5.57 Å². The van der Waals surface area contributed by atoms with Gasteiger partial charge in [0.05, 0.1) is 0 Å². The molecule has 0 heterocycles. The Hall–Kier alpha value is -0.590. The van der Waals surface area contributed by atoms with Gasteiger partial charge in [-0.25, -0.2) is 0 Å². The lowest BCUT2D eigenvalue weighted by atomic mass is 9.39. The van der Waals surface area contributed by atoms with Crippen LogP contribution in [-0.2, 0) is 4.79 Å². The van der Waals surface area contributed by atoms with Crippen molar-refractivity contribution >= 4 is 6.29 Å². The minimum absolute atomic E-state index is 0.535. The molecule has 0 aromatic rings. The molecule has 0 amide bonds. The van der Waals surface area contributed by atoms with Crippen molar-refractivity contribution in [3.05, 3.63) is 11.6 Å². The average molecular weight is 276 g/mol. The molecule has 3 aliphatic carbocycles. The Balaban J connectivity index is 1.68. The van der Waals surface area contributed by atoms with Gasteiger partial charge in [-0.15, -0.1) is 0 Å². The Morgan fingerprint density at radius 2 is 1.80 bits per heavy atom. The first-order chi connectivity index (χ1) is 9.54. The van der Waals surface area contributed by atoms with Crippen molar-refractivity contribution in [2.24, 2.45) is 16.7 Å². The molecule has 1 saturated carbocycles. The number of carbonyl (C=O) groups excluding carboxylic acids is 1. The third-order valence-electron chi connectivity index (χ3n) is 6.49. The maximum Gasteiger partial charge on any atom is 0.119 e. The van der Waals surface area contributed by atoms with E-state index in [9.17, 15) is 4.79 Å². The van der Waals surface area contributed by atoms with Gasteiger partial charge in [0.25, 0.3) is 0 Å². The predicted molar refractivity (Wildman–Crippen MR) is 85.7 cm³/mol. The summed E-state index contributed by atoms with van der Waals surface area (Å²) in [5.41, 5.74) is 2.75. The largest absolute Gasteiger partial charge is 0.303 e. The minimum atomic E-state index is 0.535. The van der Waals surface area contributed by atoms with Crippen molar-refractivity contribution in [1.29, 1.82) is 0 Å². The van der Waals surface area contributed by atoms with Crippen LogP contribution >= 0.6 is 0 Å². The van der Waals surface area contributed by atoms with E-state index in [0.717, 1.165) is 25.0 Å². The van der Waals surface area contributed by atoms with Crippen molar-refractivity contribution in [2.75, 3.05) is 0 Å². The Morgan fingerprint density at radius 1 is 1.15 bits per heavy atom. The van der Waals surface area contributed by atoms with Gasteiger partial charge in [0.1, 0.15) is 6.29 Å². The molecule has 1 nitrogen and oxygen atoms in total. The Kier molecular flexibility index (Phi) is 5.09. The zero-order chi connectivity index (χ0) is 14.6. The van der Waals surface area contributed by atoms with E-state index >= 15 is 0 Å². The normalized spacial score (nSPS) is 30.6. The second-order valence-corrected chi connectivity index (χ2v) is 7.65. The van der Waals surface area contributed by atoms with Gasteiger partial charge in [-0.3, -0.25) is 0 Å². The maximum atomic E-state index is 10.2. The fraction of sp³-hybridized carbons (Fsp3) is 0.842. The van der Waals surface area contributed by atoms with E-state index in [4.69, 9.17) is 0 Å². The molecule has 0 spiro atoms. The molecule has 0 aliphatic heterocycles. The van der Waals surface area contributed by atoms with Gasteiger partial charge in [0.2, 0.25) is 0 Å². The van der Waals surface area contributed by atoms with E-state index in [-0.39, 0.29) is 0 Å². The molecule has 0 aromatic carbocycles. The number of aldehydes is 1. The third kappa shape index (κ3) is 2.73. The summed E-state index contributed by atoms with van der Waals surface area (Å²) < 4.78 is 0. The van der Waals surface area contributed by atoms with Crippen LogP contribution in [-0.4, -0.2) is 6.29 Å². The fourth-order valence-electron chi connectivity index (χ4n) is 4.74. The zero-order valence-electron chi connectivity index (χ0n) is 13.7. The smallest absolute Gasteiger partial charge is 0.119 e. The summed E-state index contributed by atoms with van der Waals surface area (Å²) in [5.74, 6) is 0.939. The summed E-state index contributed by atoms with van der Waals surface area (Å²) in [6, 6.07) is 0. The van der Waals surface area contributed by atoms with Gasteiger partial charge in [-0.1, -0.05) is 57.6 Å². The summed E-state index contributed by atoms with van der Waals surface area (Å²) in [5, 5.41) is 0. The van der Waals surface area contributed by atoms with Crippen molar-refractivity contribution in [3.8, 4) is 0 Å². The predicted octanol–water partition coefficient (Wildman–Crippen LogP) is 5.69. The highest BCUT2D eigenvalue weighted by molar-refractivity contribution is 5.48. The molecule has 2 atom stereocenters. The molecule has 3 rings (SSSR count). The molecule has 0 aromatic heterocycles. The monoisotopic (exact) mass is 276 g/mol. The van der Waals surface area contributed by atoms with E-state index < -0.39 is 0 Å².